The molecule has 0 fully saturated rings. The lowest BCUT2D eigenvalue weighted by atomic mass is 9.80. The predicted octanol–water partition coefficient (Wildman–Crippen LogP) is -0.437. The summed E-state index contributed by atoms with van der Waals surface area (Å²) in [6.45, 7) is 0. The molecule has 0 aromatic carbocycles. The van der Waals surface area contributed by atoms with Gasteiger partial charge < -0.3 is 14.4 Å². The zero-order chi connectivity index (χ0) is 9.84. The molecule has 0 amide bonds. The van der Waals surface area contributed by atoms with Crippen molar-refractivity contribution in [3.63, 3.8) is 0 Å². The molecule has 0 saturated carbocycles. The van der Waals surface area contributed by atoms with Crippen LogP contribution in [0.25, 0.3) is 0 Å². The van der Waals surface area contributed by atoms with Gasteiger partial charge in [0.15, 0.2) is 0 Å². The van der Waals surface area contributed by atoms with Gasteiger partial charge in [0.2, 0.25) is 5.88 Å². The number of aromatic nitrogens is 1. The second-order valence-electron chi connectivity index (χ2n) is 2.34. The third-order valence-electron chi connectivity index (χ3n) is 1.56. The Morgan fingerprint density at radius 1 is 1.54 bits per heavy atom. The molecule has 13 heavy (non-hydrogen) atoms. The van der Waals surface area contributed by atoms with Gasteiger partial charge in [0.1, 0.15) is 5.82 Å². The van der Waals surface area contributed by atoms with E-state index in [1.807, 2.05) is 0 Å². The Bertz CT molecular complexity index is 297. The van der Waals surface area contributed by atoms with Gasteiger partial charge in [-0.2, -0.15) is 0 Å². The van der Waals surface area contributed by atoms with Crippen molar-refractivity contribution in [3.8, 4) is 5.88 Å². The van der Waals surface area contributed by atoms with Crippen molar-refractivity contribution in [2.75, 3.05) is 14.2 Å². The highest BCUT2D eigenvalue weighted by Crippen LogP contribution is 2.04. The summed E-state index contributed by atoms with van der Waals surface area (Å²) in [4.78, 5) is 3.61. The van der Waals surface area contributed by atoms with Crippen LogP contribution < -0.4 is 10.2 Å². The minimum Gasteiger partial charge on any atom is -0.481 e. The molecule has 0 spiro atoms. The second kappa shape index (κ2) is 4.20. The molecule has 1 N–H and O–H groups in total. The van der Waals surface area contributed by atoms with E-state index < -0.39 is 12.9 Å². The highest BCUT2D eigenvalue weighted by Gasteiger charge is 2.20. The monoisotopic (exact) mass is 185 g/mol. The Morgan fingerprint density at radius 3 is 2.77 bits per heavy atom. The topological polar surface area (TPSA) is 51.6 Å². The minimum absolute atomic E-state index is 0.00866. The highest BCUT2D eigenvalue weighted by molar-refractivity contribution is 6.60. The molecule has 0 atom stereocenters. The molecule has 0 aliphatic rings. The lowest BCUT2D eigenvalue weighted by Crippen LogP contribution is -2.35. The van der Waals surface area contributed by atoms with Gasteiger partial charge in [-0.25, -0.2) is 9.37 Å². The summed E-state index contributed by atoms with van der Waals surface area (Å²) < 4.78 is 22.3. The molecule has 6 heteroatoms. The quantitative estimate of drug-likeness (QED) is 0.648. The van der Waals surface area contributed by atoms with Crippen molar-refractivity contribution in [1.82, 2.24) is 4.98 Å². The van der Waals surface area contributed by atoms with Crippen molar-refractivity contribution < 1.29 is 18.8 Å². The number of nitrogens with zero attached hydrogens (tertiary/aromatic N) is 1. The first-order chi connectivity index (χ1) is 6.19. The molecule has 1 rings (SSSR count). The van der Waals surface area contributed by atoms with Gasteiger partial charge in [-0.15, -0.1) is 0 Å². The molecular weight excluding hydrogens is 176 g/mol. The summed E-state index contributed by atoms with van der Waals surface area (Å²) in [6.07, 6.45) is 0.969. The summed E-state index contributed by atoms with van der Waals surface area (Å²) in [5, 5.41) is 9.18. The molecule has 0 aliphatic carbocycles. The number of halogens is 1. The smallest absolute Gasteiger partial charge is 0.481 e. The summed E-state index contributed by atoms with van der Waals surface area (Å²) in [6, 6.07) is 1.28. The van der Waals surface area contributed by atoms with Crippen LogP contribution in [0.3, 0.4) is 0 Å². The van der Waals surface area contributed by atoms with Gasteiger partial charge in [-0.3, -0.25) is 0 Å². The maximum atomic E-state index is 13.0. The van der Waals surface area contributed by atoms with Crippen LogP contribution in [0.15, 0.2) is 12.3 Å². The van der Waals surface area contributed by atoms with Gasteiger partial charge in [0, 0.05) is 18.6 Å². The van der Waals surface area contributed by atoms with Crippen molar-refractivity contribution in [1.29, 1.82) is 0 Å². The van der Waals surface area contributed by atoms with Gasteiger partial charge in [0.05, 0.1) is 13.3 Å². The van der Waals surface area contributed by atoms with Crippen LogP contribution >= 0.6 is 0 Å². The average molecular weight is 185 g/mol. The Morgan fingerprint density at radius 2 is 2.23 bits per heavy atom. The number of rotatable bonds is 3. The van der Waals surface area contributed by atoms with Crippen LogP contribution in [-0.4, -0.2) is 31.3 Å². The maximum Gasteiger partial charge on any atom is 0.494 e. The fourth-order valence-corrected chi connectivity index (χ4v) is 0.862. The number of methoxy groups -OCH3 is 1. The fourth-order valence-electron chi connectivity index (χ4n) is 0.862. The summed E-state index contributed by atoms with van der Waals surface area (Å²) in [5.74, 6) is -0.400. The van der Waals surface area contributed by atoms with E-state index >= 15 is 0 Å². The van der Waals surface area contributed by atoms with E-state index in [0.717, 1.165) is 6.20 Å². The Balaban J connectivity index is 3.03. The lowest BCUT2D eigenvalue weighted by Gasteiger charge is -2.06. The van der Waals surface area contributed by atoms with Gasteiger partial charge >= 0.3 is 7.12 Å². The standard InChI is InChI=1S/C7H9BFNO3/c1-12-7-3-5(8(11)13-2)6(9)4-10-7/h3-4,11H,1-2H3. The predicted molar refractivity (Wildman–Crippen MR) is 45.4 cm³/mol. The zero-order valence-corrected chi connectivity index (χ0v) is 7.32. The maximum absolute atomic E-state index is 13.0. The van der Waals surface area contributed by atoms with Crippen LogP contribution in [0, 0.1) is 5.82 Å². The third-order valence-corrected chi connectivity index (χ3v) is 1.56. The highest BCUT2D eigenvalue weighted by atomic mass is 19.1. The Labute approximate surface area is 75.5 Å². The summed E-state index contributed by atoms with van der Waals surface area (Å²) >= 11 is 0. The van der Waals surface area contributed by atoms with Gasteiger partial charge in [-0.1, -0.05) is 0 Å². The van der Waals surface area contributed by atoms with Gasteiger partial charge in [0.25, 0.3) is 0 Å². The molecule has 0 aliphatic heterocycles. The molecule has 1 aromatic heterocycles. The van der Waals surface area contributed by atoms with Crippen molar-refractivity contribution in [3.05, 3.63) is 18.1 Å². The van der Waals surface area contributed by atoms with Crippen LogP contribution in [0.1, 0.15) is 0 Å². The second-order valence-corrected chi connectivity index (χ2v) is 2.34. The van der Waals surface area contributed by atoms with E-state index in [2.05, 4.69) is 9.64 Å². The normalized spacial score (nSPS) is 9.85. The molecule has 4 nitrogen and oxygen atoms in total. The Kier molecular flexibility index (Phi) is 3.22. The van der Waals surface area contributed by atoms with Crippen molar-refractivity contribution in [2.45, 2.75) is 0 Å². The number of pyridine rings is 1. The van der Waals surface area contributed by atoms with E-state index in [0.29, 0.717) is 0 Å². The van der Waals surface area contributed by atoms with E-state index in [4.69, 9.17) is 4.74 Å². The molecule has 0 unspecified atom stereocenters. The average Bonchev–Trinajstić information content (AvgIpc) is 2.17. The van der Waals surface area contributed by atoms with Crippen molar-refractivity contribution >= 4 is 12.6 Å². The van der Waals surface area contributed by atoms with E-state index in [1.54, 1.807) is 0 Å². The van der Waals surface area contributed by atoms with E-state index in [1.165, 1.54) is 20.3 Å². The first-order valence-electron chi connectivity index (χ1n) is 3.59. The van der Waals surface area contributed by atoms with E-state index in [9.17, 15) is 9.41 Å². The number of hydrogen-bond acceptors (Lipinski definition) is 4. The molecule has 0 saturated heterocycles. The summed E-state index contributed by atoms with van der Waals surface area (Å²) in [7, 11) is 1.39. The first-order valence-corrected chi connectivity index (χ1v) is 3.59. The first kappa shape index (κ1) is 9.95. The minimum atomic E-state index is -1.29. The lowest BCUT2D eigenvalue weighted by molar-refractivity contribution is 0.339. The summed E-state index contributed by atoms with van der Waals surface area (Å²) in [5.41, 5.74) is 0.00866. The van der Waals surface area contributed by atoms with Crippen molar-refractivity contribution in [2.24, 2.45) is 0 Å². The van der Waals surface area contributed by atoms with Crippen LogP contribution in [-0.2, 0) is 4.65 Å². The zero-order valence-electron chi connectivity index (χ0n) is 7.32. The molecule has 0 radical (unpaired) electrons. The van der Waals surface area contributed by atoms with Crippen LogP contribution in [0.5, 0.6) is 5.88 Å². The molecular formula is C7H9BFNO3. The van der Waals surface area contributed by atoms with Gasteiger partial charge in [-0.05, 0) is 0 Å². The molecule has 70 valence electrons. The third kappa shape index (κ3) is 2.16. The number of hydrogen-bond donors (Lipinski definition) is 1. The molecule has 0 bridgehead atoms. The van der Waals surface area contributed by atoms with Crippen LogP contribution in [0.2, 0.25) is 0 Å². The van der Waals surface area contributed by atoms with E-state index in [-0.39, 0.29) is 11.3 Å². The SMILES string of the molecule is COB(O)c1cc(OC)ncc1F. The fraction of sp³-hybridized carbons (Fsp3) is 0.286. The van der Waals surface area contributed by atoms with Crippen LogP contribution in [0.4, 0.5) is 4.39 Å². The molecule has 1 heterocycles. The molecule has 1 aromatic rings. The Hall–Kier alpha value is -1.14. The number of ether oxygens (including phenoxy) is 1. The largest absolute Gasteiger partial charge is 0.494 e.